The van der Waals surface area contributed by atoms with E-state index < -0.39 is 11.5 Å². The van der Waals surface area contributed by atoms with Gasteiger partial charge in [-0.3, -0.25) is 9.59 Å². The van der Waals surface area contributed by atoms with Gasteiger partial charge >= 0.3 is 12.0 Å². The molecule has 0 aromatic rings. The molecule has 7 heteroatoms. The molecule has 0 spiro atoms. The molecule has 7 nitrogen and oxygen atoms in total. The van der Waals surface area contributed by atoms with Gasteiger partial charge < -0.3 is 20.2 Å². The summed E-state index contributed by atoms with van der Waals surface area (Å²) in [4.78, 5) is 38.8. The van der Waals surface area contributed by atoms with E-state index in [9.17, 15) is 14.4 Å². The van der Waals surface area contributed by atoms with Crippen LogP contribution in [0, 0.1) is 0 Å². The summed E-state index contributed by atoms with van der Waals surface area (Å²) >= 11 is 0. The molecule has 0 aromatic heterocycles. The summed E-state index contributed by atoms with van der Waals surface area (Å²) in [6.45, 7) is 3.87. The van der Waals surface area contributed by atoms with Gasteiger partial charge in [-0.1, -0.05) is 12.8 Å². The van der Waals surface area contributed by atoms with Crippen LogP contribution in [-0.2, 0) is 9.59 Å². The van der Waals surface area contributed by atoms with E-state index in [0.29, 0.717) is 13.1 Å². The molecule has 0 bridgehead atoms. The highest BCUT2D eigenvalue weighted by molar-refractivity contribution is 5.92. The maximum absolute atomic E-state index is 12.8. The highest BCUT2D eigenvalue weighted by Gasteiger charge is 2.43. The minimum Gasteiger partial charge on any atom is -0.480 e. The van der Waals surface area contributed by atoms with Crippen LogP contribution in [0.4, 0.5) is 4.79 Å². The number of amides is 3. The molecule has 1 heterocycles. The predicted octanol–water partition coefficient (Wildman–Crippen LogP) is 0.646. The Hall–Kier alpha value is -1.79. The third-order valence-corrected chi connectivity index (χ3v) is 4.40. The first kappa shape index (κ1) is 15.6. The van der Waals surface area contributed by atoms with E-state index in [1.54, 1.807) is 13.8 Å². The molecule has 1 saturated heterocycles. The Morgan fingerprint density at radius 2 is 2.00 bits per heavy atom. The Morgan fingerprint density at radius 3 is 2.57 bits per heavy atom. The van der Waals surface area contributed by atoms with Gasteiger partial charge in [0.1, 0.15) is 12.1 Å². The van der Waals surface area contributed by atoms with Crippen molar-refractivity contribution in [3.8, 4) is 0 Å². The lowest BCUT2D eigenvalue weighted by molar-refractivity contribution is -0.138. The zero-order chi connectivity index (χ0) is 15.6. The Labute approximate surface area is 124 Å². The molecule has 0 unspecified atom stereocenters. The Kier molecular flexibility index (Phi) is 4.39. The number of nitrogens with one attached hydrogen (secondary N) is 1. The van der Waals surface area contributed by atoms with Crippen LogP contribution in [0.15, 0.2) is 0 Å². The highest BCUT2D eigenvalue weighted by atomic mass is 16.4. The number of carbonyl (C=O) groups excluding carboxylic acids is 2. The second-order valence-corrected chi connectivity index (χ2v) is 6.21. The molecule has 21 heavy (non-hydrogen) atoms. The quantitative estimate of drug-likeness (QED) is 0.800. The Balaban J connectivity index is 2.20. The molecule has 1 aliphatic carbocycles. The van der Waals surface area contributed by atoms with Gasteiger partial charge in [-0.25, -0.2) is 4.79 Å². The van der Waals surface area contributed by atoms with Crippen molar-refractivity contribution >= 4 is 17.9 Å². The average molecular weight is 297 g/mol. The normalized spacial score (nSPS) is 22.0. The SMILES string of the molecule is CC1(C)C(=O)NCCN1C(=O)N(CC(=O)O)C1CCCC1. The van der Waals surface area contributed by atoms with Crippen LogP contribution in [0.25, 0.3) is 0 Å². The molecule has 3 amide bonds. The fourth-order valence-electron chi connectivity index (χ4n) is 3.10. The lowest BCUT2D eigenvalue weighted by atomic mass is 9.99. The molecule has 2 fully saturated rings. The van der Waals surface area contributed by atoms with Crippen molar-refractivity contribution in [1.82, 2.24) is 15.1 Å². The van der Waals surface area contributed by atoms with Gasteiger partial charge in [0.05, 0.1) is 0 Å². The number of rotatable bonds is 3. The highest BCUT2D eigenvalue weighted by Crippen LogP contribution is 2.27. The van der Waals surface area contributed by atoms with Crippen molar-refractivity contribution in [2.75, 3.05) is 19.6 Å². The molecule has 2 aliphatic rings. The fourth-order valence-corrected chi connectivity index (χ4v) is 3.10. The van der Waals surface area contributed by atoms with Crippen LogP contribution in [0.3, 0.4) is 0 Å². The van der Waals surface area contributed by atoms with Crippen molar-refractivity contribution in [1.29, 1.82) is 0 Å². The van der Waals surface area contributed by atoms with Crippen molar-refractivity contribution in [2.24, 2.45) is 0 Å². The molecule has 1 aliphatic heterocycles. The van der Waals surface area contributed by atoms with Gasteiger partial charge in [0.2, 0.25) is 5.91 Å². The summed E-state index contributed by atoms with van der Waals surface area (Å²) in [5.41, 5.74) is -0.954. The van der Waals surface area contributed by atoms with Gasteiger partial charge in [0, 0.05) is 19.1 Å². The van der Waals surface area contributed by atoms with E-state index >= 15 is 0 Å². The smallest absolute Gasteiger partial charge is 0.323 e. The summed E-state index contributed by atoms with van der Waals surface area (Å²) in [5, 5.41) is 11.8. The van der Waals surface area contributed by atoms with Gasteiger partial charge in [-0.05, 0) is 26.7 Å². The topological polar surface area (TPSA) is 90.0 Å². The van der Waals surface area contributed by atoms with Crippen LogP contribution < -0.4 is 5.32 Å². The van der Waals surface area contributed by atoms with Gasteiger partial charge in [0.25, 0.3) is 0 Å². The Morgan fingerprint density at radius 1 is 1.38 bits per heavy atom. The molecule has 118 valence electrons. The first-order valence-corrected chi connectivity index (χ1v) is 7.42. The summed E-state index contributed by atoms with van der Waals surface area (Å²) < 4.78 is 0. The summed E-state index contributed by atoms with van der Waals surface area (Å²) in [5.74, 6) is -1.22. The fraction of sp³-hybridized carbons (Fsp3) is 0.786. The number of aliphatic carboxylic acids is 1. The predicted molar refractivity (Wildman–Crippen MR) is 75.8 cm³/mol. The molecule has 2 N–H and O–H groups in total. The Bertz CT molecular complexity index is 444. The second kappa shape index (κ2) is 5.91. The van der Waals surface area contributed by atoms with E-state index in [0.717, 1.165) is 25.7 Å². The minimum atomic E-state index is -1.02. The van der Waals surface area contributed by atoms with Crippen molar-refractivity contribution < 1.29 is 19.5 Å². The van der Waals surface area contributed by atoms with E-state index in [1.807, 2.05) is 0 Å². The third-order valence-electron chi connectivity index (χ3n) is 4.40. The minimum absolute atomic E-state index is 0.0330. The number of carboxylic acids is 1. The number of carbonyl (C=O) groups is 3. The molecule has 0 radical (unpaired) electrons. The van der Waals surface area contributed by atoms with Crippen LogP contribution in [0.1, 0.15) is 39.5 Å². The number of nitrogens with zero attached hydrogens (tertiary/aromatic N) is 2. The maximum atomic E-state index is 12.8. The average Bonchev–Trinajstić information content (AvgIpc) is 2.92. The monoisotopic (exact) mass is 297 g/mol. The zero-order valence-corrected chi connectivity index (χ0v) is 12.6. The van der Waals surface area contributed by atoms with E-state index in [-0.39, 0.29) is 24.5 Å². The van der Waals surface area contributed by atoms with Crippen LogP contribution in [-0.4, -0.2) is 64.0 Å². The van der Waals surface area contributed by atoms with Gasteiger partial charge in [-0.2, -0.15) is 0 Å². The van der Waals surface area contributed by atoms with E-state index in [2.05, 4.69) is 5.32 Å². The molecule has 1 saturated carbocycles. The number of hydrogen-bond donors (Lipinski definition) is 2. The number of carboxylic acid groups (broad SMARTS) is 1. The first-order chi connectivity index (χ1) is 9.84. The zero-order valence-electron chi connectivity index (χ0n) is 12.6. The van der Waals surface area contributed by atoms with E-state index in [1.165, 1.54) is 9.80 Å². The molecule has 0 aromatic carbocycles. The lowest BCUT2D eigenvalue weighted by Gasteiger charge is -2.44. The van der Waals surface area contributed by atoms with Gasteiger partial charge in [0.15, 0.2) is 0 Å². The maximum Gasteiger partial charge on any atom is 0.323 e. The third kappa shape index (κ3) is 3.11. The first-order valence-electron chi connectivity index (χ1n) is 7.42. The lowest BCUT2D eigenvalue weighted by Crippen LogP contribution is -2.66. The van der Waals surface area contributed by atoms with Crippen LogP contribution >= 0.6 is 0 Å². The molecule has 0 atom stereocenters. The number of urea groups is 1. The van der Waals surface area contributed by atoms with E-state index in [4.69, 9.17) is 5.11 Å². The van der Waals surface area contributed by atoms with Crippen LogP contribution in [0.2, 0.25) is 0 Å². The summed E-state index contributed by atoms with van der Waals surface area (Å²) in [6, 6.07) is -0.376. The largest absolute Gasteiger partial charge is 0.480 e. The second-order valence-electron chi connectivity index (χ2n) is 6.21. The van der Waals surface area contributed by atoms with Crippen molar-refractivity contribution in [3.63, 3.8) is 0 Å². The van der Waals surface area contributed by atoms with Crippen molar-refractivity contribution in [2.45, 2.75) is 51.1 Å². The summed E-state index contributed by atoms with van der Waals surface area (Å²) in [6.07, 6.45) is 3.69. The van der Waals surface area contributed by atoms with Gasteiger partial charge in [-0.15, -0.1) is 0 Å². The number of hydrogen-bond acceptors (Lipinski definition) is 3. The number of piperazine rings is 1. The standard InChI is InChI=1S/C14H23N3O4/c1-14(2)12(20)15-7-8-17(14)13(21)16(9-11(18)19)10-5-3-4-6-10/h10H,3-9H2,1-2H3,(H,15,20)(H,18,19). The molecular weight excluding hydrogens is 274 g/mol. The summed E-state index contributed by atoms with van der Waals surface area (Å²) in [7, 11) is 0. The molecular formula is C14H23N3O4. The van der Waals surface area contributed by atoms with Crippen molar-refractivity contribution in [3.05, 3.63) is 0 Å². The van der Waals surface area contributed by atoms with Crippen LogP contribution in [0.5, 0.6) is 0 Å². The molecule has 2 rings (SSSR count).